The first-order valence-corrected chi connectivity index (χ1v) is 11.4. The molecular formula is C23H31N5O7. The number of aliphatic carboxylic acids is 1. The van der Waals surface area contributed by atoms with E-state index in [1.165, 1.54) is 6.92 Å². The number of nitrogens with one attached hydrogen (secondary N) is 3. The molecule has 2 heterocycles. The van der Waals surface area contributed by atoms with Gasteiger partial charge in [-0.3, -0.25) is 14.4 Å². The van der Waals surface area contributed by atoms with E-state index < -0.39 is 60.6 Å². The van der Waals surface area contributed by atoms with Crippen molar-refractivity contribution in [3.05, 3.63) is 36.0 Å². The highest BCUT2D eigenvalue weighted by atomic mass is 16.4. The van der Waals surface area contributed by atoms with Crippen molar-refractivity contribution in [3.8, 4) is 0 Å². The second-order valence-corrected chi connectivity index (χ2v) is 8.67. The summed E-state index contributed by atoms with van der Waals surface area (Å²) in [6.45, 7) is 0.676. The van der Waals surface area contributed by atoms with Gasteiger partial charge in [0.25, 0.3) is 0 Å². The number of rotatable bonds is 10. The molecular weight excluding hydrogens is 458 g/mol. The number of fused-ring (bicyclic) bond motifs is 1. The minimum atomic E-state index is -1.45. The molecule has 1 aromatic carbocycles. The summed E-state index contributed by atoms with van der Waals surface area (Å²) >= 11 is 0. The number of hydrogen-bond donors (Lipinski definition) is 7. The number of hydrogen-bond acceptors (Lipinski definition) is 7. The van der Waals surface area contributed by atoms with Crippen molar-refractivity contribution in [1.29, 1.82) is 0 Å². The number of aliphatic hydroxyl groups is 2. The van der Waals surface area contributed by atoms with Gasteiger partial charge in [-0.1, -0.05) is 18.2 Å². The number of nitrogens with zero attached hydrogens (tertiary/aromatic N) is 1. The maximum absolute atomic E-state index is 12.9. The molecule has 3 rings (SSSR count). The molecule has 0 saturated carbocycles. The first-order chi connectivity index (χ1) is 16.6. The van der Waals surface area contributed by atoms with Gasteiger partial charge < -0.3 is 41.6 Å². The van der Waals surface area contributed by atoms with E-state index in [0.29, 0.717) is 6.42 Å². The van der Waals surface area contributed by atoms with Gasteiger partial charge in [0.2, 0.25) is 17.7 Å². The summed E-state index contributed by atoms with van der Waals surface area (Å²) in [5.74, 6) is -3.52. The van der Waals surface area contributed by atoms with Gasteiger partial charge in [0.05, 0.1) is 18.8 Å². The fourth-order valence-electron chi connectivity index (χ4n) is 4.21. The number of carbonyl (C=O) groups is 4. The van der Waals surface area contributed by atoms with Gasteiger partial charge >= 0.3 is 5.97 Å². The van der Waals surface area contributed by atoms with E-state index in [1.54, 1.807) is 6.20 Å². The van der Waals surface area contributed by atoms with Crippen LogP contribution in [0.25, 0.3) is 10.9 Å². The molecule has 2 aromatic rings. The lowest BCUT2D eigenvalue weighted by molar-refractivity contribution is -0.150. The van der Waals surface area contributed by atoms with Crippen LogP contribution in [0.4, 0.5) is 0 Å². The molecule has 3 amide bonds. The Labute approximate surface area is 201 Å². The molecule has 5 atom stereocenters. The lowest BCUT2D eigenvalue weighted by Gasteiger charge is -2.30. The third-order valence-corrected chi connectivity index (χ3v) is 6.13. The normalized spacial score (nSPS) is 19.1. The van der Waals surface area contributed by atoms with Gasteiger partial charge in [0.1, 0.15) is 18.1 Å². The number of aromatic amines is 1. The highest BCUT2D eigenvalue weighted by Gasteiger charge is 2.40. The van der Waals surface area contributed by atoms with E-state index in [4.69, 9.17) is 5.73 Å². The van der Waals surface area contributed by atoms with E-state index >= 15 is 0 Å². The maximum atomic E-state index is 12.9. The Hall–Kier alpha value is -3.48. The fourth-order valence-corrected chi connectivity index (χ4v) is 4.21. The van der Waals surface area contributed by atoms with Crippen molar-refractivity contribution in [2.24, 2.45) is 5.73 Å². The van der Waals surface area contributed by atoms with Gasteiger partial charge in [-0.25, -0.2) is 4.79 Å². The first kappa shape index (κ1) is 26.1. The number of nitrogens with two attached hydrogens (primary N) is 1. The van der Waals surface area contributed by atoms with Crippen LogP contribution in [0.5, 0.6) is 0 Å². The number of amides is 3. The van der Waals surface area contributed by atoms with Gasteiger partial charge in [-0.15, -0.1) is 0 Å². The van der Waals surface area contributed by atoms with E-state index in [9.17, 15) is 34.5 Å². The summed E-state index contributed by atoms with van der Waals surface area (Å²) in [4.78, 5) is 53.9. The second kappa shape index (κ2) is 11.3. The molecule has 35 heavy (non-hydrogen) atoms. The lowest BCUT2D eigenvalue weighted by atomic mass is 10.0. The van der Waals surface area contributed by atoms with Gasteiger partial charge in [0, 0.05) is 23.6 Å². The van der Waals surface area contributed by atoms with Crippen molar-refractivity contribution < 1.29 is 34.5 Å². The summed E-state index contributed by atoms with van der Waals surface area (Å²) < 4.78 is 0. The van der Waals surface area contributed by atoms with Gasteiger partial charge in [-0.05, 0) is 37.8 Å². The zero-order valence-electron chi connectivity index (χ0n) is 19.3. The molecule has 0 radical (unpaired) electrons. The van der Waals surface area contributed by atoms with Crippen LogP contribution in [0.2, 0.25) is 0 Å². The van der Waals surface area contributed by atoms with E-state index in [1.807, 2.05) is 24.3 Å². The average Bonchev–Trinajstić information content (AvgIpc) is 3.48. The zero-order chi connectivity index (χ0) is 25.7. The Morgan fingerprint density at radius 2 is 1.91 bits per heavy atom. The number of H-pyrrole nitrogens is 1. The molecule has 1 saturated heterocycles. The molecule has 1 fully saturated rings. The molecule has 1 aromatic heterocycles. The fraction of sp³-hybridized carbons (Fsp3) is 0.478. The molecule has 1 aliphatic heterocycles. The number of benzene rings is 1. The predicted octanol–water partition coefficient (Wildman–Crippen LogP) is -1.54. The van der Waals surface area contributed by atoms with E-state index in [2.05, 4.69) is 15.6 Å². The molecule has 12 nitrogen and oxygen atoms in total. The summed E-state index contributed by atoms with van der Waals surface area (Å²) in [5.41, 5.74) is 7.73. The first-order valence-electron chi connectivity index (χ1n) is 11.4. The monoisotopic (exact) mass is 489 g/mol. The molecule has 0 aliphatic carbocycles. The number of aliphatic hydroxyl groups excluding tert-OH is 2. The van der Waals surface area contributed by atoms with Crippen LogP contribution < -0.4 is 16.4 Å². The molecule has 12 heteroatoms. The predicted molar refractivity (Wildman–Crippen MR) is 125 cm³/mol. The Kier molecular flexibility index (Phi) is 8.43. The third-order valence-electron chi connectivity index (χ3n) is 6.13. The number of aromatic nitrogens is 1. The number of para-hydroxylation sites is 1. The van der Waals surface area contributed by atoms with E-state index in [0.717, 1.165) is 21.4 Å². The Morgan fingerprint density at radius 1 is 1.20 bits per heavy atom. The lowest BCUT2D eigenvalue weighted by Crippen LogP contribution is -2.60. The molecule has 1 aliphatic rings. The second-order valence-electron chi connectivity index (χ2n) is 8.67. The minimum absolute atomic E-state index is 0.177. The van der Waals surface area contributed by atoms with Crippen molar-refractivity contribution in [1.82, 2.24) is 20.5 Å². The summed E-state index contributed by atoms with van der Waals surface area (Å²) in [6.07, 6.45) is 1.32. The summed E-state index contributed by atoms with van der Waals surface area (Å²) in [6, 6.07) is 2.56. The van der Waals surface area contributed by atoms with E-state index in [-0.39, 0.29) is 19.4 Å². The highest BCUT2D eigenvalue weighted by molar-refractivity contribution is 5.95. The third kappa shape index (κ3) is 5.96. The molecule has 190 valence electrons. The van der Waals surface area contributed by atoms with Crippen LogP contribution in [0.1, 0.15) is 25.3 Å². The average molecular weight is 490 g/mol. The van der Waals surface area contributed by atoms with Crippen molar-refractivity contribution in [3.63, 3.8) is 0 Å². The van der Waals surface area contributed by atoms with Crippen LogP contribution in [0, 0.1) is 0 Å². The zero-order valence-corrected chi connectivity index (χ0v) is 19.3. The minimum Gasteiger partial charge on any atom is -0.480 e. The van der Waals surface area contributed by atoms with Crippen molar-refractivity contribution >= 4 is 34.6 Å². The largest absolute Gasteiger partial charge is 0.480 e. The quantitative estimate of drug-likeness (QED) is 0.208. The smallest absolute Gasteiger partial charge is 0.326 e. The van der Waals surface area contributed by atoms with Crippen LogP contribution in [-0.4, -0.2) is 92.3 Å². The van der Waals surface area contributed by atoms with Crippen molar-refractivity contribution in [2.45, 2.75) is 56.5 Å². The molecule has 8 N–H and O–H groups in total. The van der Waals surface area contributed by atoms with Crippen LogP contribution >= 0.6 is 0 Å². The number of carbonyl (C=O) groups excluding carboxylic acids is 3. The Balaban J connectivity index is 1.63. The topological polar surface area (TPSA) is 198 Å². The standard InChI is InChI=1S/C23H31N5O7/c1-12(30)19(22(33)28-8-4-7-18(28)23(34)35)27-21(32)17(11-29)26-20(31)15(24)9-13-10-25-16-6-3-2-5-14(13)16/h2-3,5-6,10,12,15,17-19,25,29-30H,4,7-9,11,24H2,1H3,(H,26,31)(H,27,32)(H,34,35). The number of carboxylic acid groups (broad SMARTS) is 1. The van der Waals surface area contributed by atoms with Crippen LogP contribution in [0.3, 0.4) is 0 Å². The van der Waals surface area contributed by atoms with Crippen molar-refractivity contribution in [2.75, 3.05) is 13.2 Å². The molecule has 0 spiro atoms. The summed E-state index contributed by atoms with van der Waals surface area (Å²) in [5, 5.41) is 34.7. The number of carboxylic acids is 1. The molecule has 5 unspecified atom stereocenters. The number of likely N-dealkylation sites (tertiary alicyclic amines) is 1. The maximum Gasteiger partial charge on any atom is 0.326 e. The highest BCUT2D eigenvalue weighted by Crippen LogP contribution is 2.20. The van der Waals surface area contributed by atoms with Crippen LogP contribution in [-0.2, 0) is 25.6 Å². The Morgan fingerprint density at radius 3 is 2.57 bits per heavy atom. The van der Waals surface area contributed by atoms with Crippen LogP contribution in [0.15, 0.2) is 30.5 Å². The summed E-state index contributed by atoms with van der Waals surface area (Å²) in [7, 11) is 0. The molecule has 0 bridgehead atoms. The Bertz CT molecular complexity index is 1090. The van der Waals surface area contributed by atoms with Gasteiger partial charge in [0.15, 0.2) is 0 Å². The SMILES string of the molecule is CC(O)C(NC(=O)C(CO)NC(=O)C(N)Cc1c[nH]c2ccccc12)C(=O)N1CCCC1C(=O)O. The van der Waals surface area contributed by atoms with Gasteiger partial charge in [-0.2, -0.15) is 0 Å².